The lowest BCUT2D eigenvalue weighted by Crippen LogP contribution is -2.75. The van der Waals surface area contributed by atoms with Crippen molar-refractivity contribution in [1.29, 1.82) is 0 Å². The second kappa shape index (κ2) is 14.5. The molecule has 3 heteroatoms. The lowest BCUT2D eigenvalue weighted by molar-refractivity contribution is 0.827. The summed E-state index contributed by atoms with van der Waals surface area (Å²) in [5.41, 5.74) is 9.54. The first-order valence-corrected chi connectivity index (χ1v) is 20.8. The first-order valence-electron chi connectivity index (χ1n) is 18.8. The van der Waals surface area contributed by atoms with Crippen molar-refractivity contribution in [2.45, 2.75) is 13.5 Å². The van der Waals surface area contributed by atoms with E-state index < -0.39 is 8.07 Å². The molecule has 0 saturated carbocycles. The lowest BCUT2D eigenvalue weighted by atomic mass is 10.0. The molecule has 0 unspecified atom stereocenters. The number of hydrogen-bond acceptors (Lipinski definition) is 1. The van der Waals surface area contributed by atoms with Gasteiger partial charge in [-0.05, 0) is 80.3 Å². The van der Waals surface area contributed by atoms with E-state index in [1.165, 1.54) is 70.4 Å². The molecule has 0 atom stereocenters. The van der Waals surface area contributed by atoms with Gasteiger partial charge in [0.15, 0.2) is 8.07 Å². The van der Waals surface area contributed by atoms with Crippen LogP contribution >= 0.6 is 0 Å². The first kappa shape index (κ1) is 33.3. The van der Waals surface area contributed by atoms with Gasteiger partial charge in [-0.3, -0.25) is 4.98 Å². The van der Waals surface area contributed by atoms with Gasteiger partial charge in [-0.15, -0.1) is 0 Å². The molecular formula is C51H40N2Si. The Morgan fingerprint density at radius 2 is 1.04 bits per heavy atom. The van der Waals surface area contributed by atoms with Crippen molar-refractivity contribution in [1.82, 2.24) is 9.55 Å². The summed E-state index contributed by atoms with van der Waals surface area (Å²) in [6.45, 7) is 3.17. The van der Waals surface area contributed by atoms with Gasteiger partial charge in [0.25, 0.3) is 0 Å². The molecule has 0 aliphatic carbocycles. The molecule has 0 bridgehead atoms. The quantitative estimate of drug-likeness (QED) is 0.0830. The van der Waals surface area contributed by atoms with Crippen LogP contribution in [-0.2, 0) is 6.54 Å². The third kappa shape index (κ3) is 5.89. The molecule has 0 saturated heterocycles. The predicted molar refractivity (Wildman–Crippen MR) is 233 cm³/mol. The normalized spacial score (nSPS) is 11.8. The molecule has 0 radical (unpaired) electrons. The van der Waals surface area contributed by atoms with E-state index in [1.54, 1.807) is 0 Å². The second-order valence-electron chi connectivity index (χ2n) is 13.8. The third-order valence-corrected chi connectivity index (χ3v) is 15.7. The van der Waals surface area contributed by atoms with Crippen LogP contribution in [0.4, 0.5) is 0 Å². The number of para-hydroxylation sites is 1. The zero-order valence-corrected chi connectivity index (χ0v) is 31.3. The largest absolute Gasteiger partial charge is 0.341 e. The van der Waals surface area contributed by atoms with Gasteiger partial charge < -0.3 is 4.57 Å². The minimum absolute atomic E-state index is 0.955. The van der Waals surface area contributed by atoms with E-state index in [-0.39, 0.29) is 0 Å². The van der Waals surface area contributed by atoms with Gasteiger partial charge in [0.05, 0.1) is 5.69 Å². The van der Waals surface area contributed by atoms with E-state index in [1.807, 2.05) is 12.3 Å². The number of benzene rings is 7. The molecule has 0 fully saturated rings. The summed E-state index contributed by atoms with van der Waals surface area (Å²) in [5.74, 6) is 0. The summed E-state index contributed by atoms with van der Waals surface area (Å²) in [6, 6.07) is 71.1. The molecule has 2 aromatic heterocycles. The zero-order valence-electron chi connectivity index (χ0n) is 30.3. The number of nitrogens with zero attached hydrogens (tertiary/aromatic N) is 2. The van der Waals surface area contributed by atoms with Crippen LogP contribution in [-0.4, -0.2) is 17.6 Å². The molecule has 9 aromatic rings. The zero-order chi connectivity index (χ0) is 36.3. The van der Waals surface area contributed by atoms with Crippen LogP contribution in [0, 0.1) is 0 Å². The molecule has 0 aliphatic heterocycles. The molecule has 2 nitrogen and oxygen atoms in total. The number of pyridine rings is 1. The Labute approximate surface area is 318 Å². The van der Waals surface area contributed by atoms with E-state index in [4.69, 9.17) is 4.98 Å². The van der Waals surface area contributed by atoms with Gasteiger partial charge in [0.2, 0.25) is 0 Å². The smallest absolute Gasteiger partial charge is 0.180 e. The Bertz CT molecular complexity index is 2670. The van der Waals surface area contributed by atoms with Gasteiger partial charge in [-0.25, -0.2) is 0 Å². The van der Waals surface area contributed by atoms with Crippen molar-refractivity contribution in [3.63, 3.8) is 0 Å². The summed E-state index contributed by atoms with van der Waals surface area (Å²) in [4.78, 5) is 4.84. The van der Waals surface area contributed by atoms with Crippen molar-refractivity contribution in [3.05, 3.63) is 211 Å². The van der Waals surface area contributed by atoms with E-state index in [0.29, 0.717) is 0 Å². The van der Waals surface area contributed by atoms with Crippen LogP contribution in [0.1, 0.15) is 18.1 Å². The fraction of sp³-hybridized carbons (Fsp3) is 0.0392. The fourth-order valence-corrected chi connectivity index (χ4v) is 13.3. The van der Waals surface area contributed by atoms with Gasteiger partial charge in [-0.2, -0.15) is 0 Å². The Kier molecular flexibility index (Phi) is 8.92. The maximum atomic E-state index is 4.84. The topological polar surface area (TPSA) is 17.8 Å². The number of hydrogen-bond donors (Lipinski definition) is 0. The van der Waals surface area contributed by atoms with Crippen LogP contribution in [0.2, 0.25) is 0 Å². The number of rotatable bonds is 9. The van der Waals surface area contributed by atoms with Gasteiger partial charge in [0, 0.05) is 40.1 Å². The number of aromatic nitrogens is 2. The summed E-state index contributed by atoms with van der Waals surface area (Å²) >= 11 is 0. The number of fused-ring (bicyclic) bond motifs is 3. The molecule has 2 heterocycles. The molecule has 9 rings (SSSR count). The molecule has 258 valence electrons. The molecule has 7 aromatic carbocycles. The first-order chi connectivity index (χ1) is 26.7. The maximum Gasteiger partial charge on any atom is 0.180 e. The SMILES string of the molecule is CCn1c2ccccc2c2cc(/C=C/c3ccc(-c4ccc([Si](c5ccccc5)(c5ccccc5)c5ccccc5-c5ccccn5)cc4)cc3)ccc21. The Hall–Kier alpha value is -6.55. The van der Waals surface area contributed by atoms with Crippen molar-refractivity contribution in [2.75, 3.05) is 0 Å². The predicted octanol–water partition coefficient (Wildman–Crippen LogP) is 10.1. The summed E-state index contributed by atoms with van der Waals surface area (Å²) in [7, 11) is -2.79. The summed E-state index contributed by atoms with van der Waals surface area (Å²) < 4.78 is 2.40. The Morgan fingerprint density at radius 1 is 0.481 bits per heavy atom. The van der Waals surface area contributed by atoms with Crippen molar-refractivity contribution in [2.24, 2.45) is 0 Å². The van der Waals surface area contributed by atoms with Gasteiger partial charge in [0.1, 0.15) is 0 Å². The fourth-order valence-electron chi connectivity index (χ4n) is 8.31. The van der Waals surface area contributed by atoms with E-state index in [2.05, 4.69) is 212 Å². The Morgan fingerprint density at radius 3 is 1.72 bits per heavy atom. The molecule has 0 aliphatic rings. The van der Waals surface area contributed by atoms with Crippen molar-refractivity contribution in [3.8, 4) is 22.4 Å². The van der Waals surface area contributed by atoms with Crippen LogP contribution in [0.5, 0.6) is 0 Å². The highest BCUT2D eigenvalue weighted by Gasteiger charge is 2.43. The third-order valence-electron chi connectivity index (χ3n) is 10.8. The molecule has 0 N–H and O–H groups in total. The molecule has 54 heavy (non-hydrogen) atoms. The van der Waals surface area contributed by atoms with Gasteiger partial charge >= 0.3 is 0 Å². The van der Waals surface area contributed by atoms with E-state index in [9.17, 15) is 0 Å². The average molecular weight is 709 g/mol. The lowest BCUT2D eigenvalue weighted by Gasteiger charge is -2.36. The minimum atomic E-state index is -2.79. The summed E-state index contributed by atoms with van der Waals surface area (Å²) in [5, 5.41) is 7.98. The average Bonchev–Trinajstić information content (AvgIpc) is 3.58. The molecule has 0 spiro atoms. The van der Waals surface area contributed by atoms with E-state index >= 15 is 0 Å². The number of aryl methyl sites for hydroxylation is 1. The highest BCUT2D eigenvalue weighted by molar-refractivity contribution is 7.20. The minimum Gasteiger partial charge on any atom is -0.341 e. The van der Waals surface area contributed by atoms with Crippen molar-refractivity contribution < 1.29 is 0 Å². The van der Waals surface area contributed by atoms with Crippen LogP contribution in [0.3, 0.4) is 0 Å². The van der Waals surface area contributed by atoms with E-state index in [0.717, 1.165) is 12.2 Å². The van der Waals surface area contributed by atoms with Crippen LogP contribution < -0.4 is 20.7 Å². The van der Waals surface area contributed by atoms with Crippen molar-refractivity contribution >= 4 is 62.8 Å². The highest BCUT2D eigenvalue weighted by atomic mass is 28.3. The van der Waals surface area contributed by atoms with Crippen LogP contribution in [0.25, 0.3) is 56.3 Å². The molecule has 0 amide bonds. The standard InChI is InChI=1S/C51H40N2Si/c1-2-53-49-22-11-9-19-45(49)47-37-39(28-35-50(47)53)25-24-38-26-29-40(30-27-38)41-31-33-44(34-32-41)54(42-15-5-3-6-16-42,43-17-7-4-8-18-43)51-23-12-10-20-46(51)48-21-13-14-36-52-48/h3-37H,2H2,1H3/b25-24+. The highest BCUT2D eigenvalue weighted by Crippen LogP contribution is 2.30. The van der Waals surface area contributed by atoms with Gasteiger partial charge in [-0.1, -0.05) is 176 Å². The second-order valence-corrected chi connectivity index (χ2v) is 17.6. The maximum absolute atomic E-state index is 4.84. The molecular weight excluding hydrogens is 669 g/mol. The Balaban J connectivity index is 1.08. The summed E-state index contributed by atoms with van der Waals surface area (Å²) in [6.07, 6.45) is 6.33. The van der Waals surface area contributed by atoms with Crippen LogP contribution in [0.15, 0.2) is 200 Å². The monoisotopic (exact) mass is 708 g/mol.